The summed E-state index contributed by atoms with van der Waals surface area (Å²) < 4.78 is 26.6. The van der Waals surface area contributed by atoms with Crippen LogP contribution in [0.25, 0.3) is 0 Å². The zero-order chi connectivity index (χ0) is 20.7. The summed E-state index contributed by atoms with van der Waals surface area (Å²) in [6, 6.07) is 8.13. The molecule has 2 rings (SSSR count). The minimum atomic E-state index is -0.695. The largest absolute Gasteiger partial charge is 0.348 e. The van der Waals surface area contributed by atoms with Crippen LogP contribution in [0.1, 0.15) is 58.5 Å². The number of carbonyl (C=O) groups excluding carboxylic acids is 2. The van der Waals surface area contributed by atoms with Crippen LogP contribution in [0.15, 0.2) is 36.4 Å². The molecule has 0 aliphatic carbocycles. The van der Waals surface area contributed by atoms with Gasteiger partial charge in [-0.1, -0.05) is 13.8 Å². The second kappa shape index (κ2) is 9.97. The van der Waals surface area contributed by atoms with Gasteiger partial charge in [-0.3, -0.25) is 9.59 Å². The molecule has 0 atom stereocenters. The first-order valence-corrected chi connectivity index (χ1v) is 9.48. The molecule has 0 unspecified atom stereocenters. The number of aryl methyl sites for hydroxylation is 1. The predicted octanol–water partition coefficient (Wildman–Crippen LogP) is 4.47. The number of nitrogens with one attached hydrogen (secondary N) is 1. The van der Waals surface area contributed by atoms with Gasteiger partial charge in [0.05, 0.1) is 0 Å². The smallest absolute Gasteiger partial charge is 0.253 e. The Kier molecular flexibility index (Phi) is 7.67. The monoisotopic (exact) mass is 388 g/mol. The topological polar surface area (TPSA) is 49.4 Å². The lowest BCUT2D eigenvalue weighted by Crippen LogP contribution is -2.33. The summed E-state index contributed by atoms with van der Waals surface area (Å²) in [6.07, 6.45) is 1.71. The van der Waals surface area contributed by atoms with Gasteiger partial charge in [0.1, 0.15) is 11.6 Å². The molecule has 28 heavy (non-hydrogen) atoms. The SMILES string of the molecule is CCCN(CCC)C(=O)c1cc(C)cc(C(=O)NCc2cc(F)cc(F)c2)c1. The first-order chi connectivity index (χ1) is 13.3. The lowest BCUT2D eigenvalue weighted by Gasteiger charge is -2.22. The van der Waals surface area contributed by atoms with E-state index in [4.69, 9.17) is 0 Å². The van der Waals surface area contributed by atoms with Crippen LogP contribution in [-0.4, -0.2) is 29.8 Å². The summed E-state index contributed by atoms with van der Waals surface area (Å²) in [5, 5.41) is 2.65. The van der Waals surface area contributed by atoms with Gasteiger partial charge in [-0.05, 0) is 61.2 Å². The fourth-order valence-corrected chi connectivity index (χ4v) is 3.07. The molecule has 2 aromatic carbocycles. The number of amides is 2. The zero-order valence-electron chi connectivity index (χ0n) is 16.5. The summed E-state index contributed by atoms with van der Waals surface area (Å²) in [5.41, 5.74) is 1.92. The molecule has 2 amide bonds. The van der Waals surface area contributed by atoms with Crippen LogP contribution in [0.5, 0.6) is 0 Å². The van der Waals surface area contributed by atoms with Crippen LogP contribution in [0.2, 0.25) is 0 Å². The van der Waals surface area contributed by atoms with Gasteiger partial charge < -0.3 is 10.2 Å². The summed E-state index contributed by atoms with van der Waals surface area (Å²) in [5.74, 6) is -1.90. The first-order valence-electron chi connectivity index (χ1n) is 9.48. The fourth-order valence-electron chi connectivity index (χ4n) is 3.07. The van der Waals surface area contributed by atoms with Gasteiger partial charge >= 0.3 is 0 Å². The van der Waals surface area contributed by atoms with Crippen molar-refractivity contribution in [1.29, 1.82) is 0 Å². The third kappa shape index (κ3) is 5.87. The van der Waals surface area contributed by atoms with E-state index in [1.165, 1.54) is 12.1 Å². The number of hydrogen-bond acceptors (Lipinski definition) is 2. The van der Waals surface area contributed by atoms with Crippen molar-refractivity contribution >= 4 is 11.8 Å². The molecule has 0 heterocycles. The highest BCUT2D eigenvalue weighted by Crippen LogP contribution is 2.14. The van der Waals surface area contributed by atoms with Crippen molar-refractivity contribution in [3.63, 3.8) is 0 Å². The van der Waals surface area contributed by atoms with E-state index < -0.39 is 17.5 Å². The second-order valence-corrected chi connectivity index (χ2v) is 6.84. The summed E-state index contributed by atoms with van der Waals surface area (Å²) in [6.45, 7) is 7.16. The van der Waals surface area contributed by atoms with E-state index in [1.807, 2.05) is 20.8 Å². The van der Waals surface area contributed by atoms with E-state index in [2.05, 4.69) is 5.32 Å². The molecule has 0 radical (unpaired) electrons. The molecule has 0 fully saturated rings. The highest BCUT2D eigenvalue weighted by atomic mass is 19.1. The molecular weight excluding hydrogens is 362 g/mol. The van der Waals surface area contributed by atoms with Gasteiger partial charge in [0.25, 0.3) is 11.8 Å². The minimum absolute atomic E-state index is 0.0114. The van der Waals surface area contributed by atoms with E-state index in [1.54, 1.807) is 23.1 Å². The van der Waals surface area contributed by atoms with Gasteiger partial charge in [-0.25, -0.2) is 8.78 Å². The molecule has 2 aromatic rings. The van der Waals surface area contributed by atoms with Gasteiger partial charge in [0, 0.05) is 36.8 Å². The molecule has 4 nitrogen and oxygen atoms in total. The van der Waals surface area contributed by atoms with Crippen molar-refractivity contribution in [3.05, 3.63) is 70.3 Å². The second-order valence-electron chi connectivity index (χ2n) is 6.84. The van der Waals surface area contributed by atoms with Crippen molar-refractivity contribution in [2.24, 2.45) is 0 Å². The number of carbonyl (C=O) groups is 2. The molecule has 0 aliphatic rings. The summed E-state index contributed by atoms with van der Waals surface area (Å²) in [7, 11) is 0. The molecule has 0 aromatic heterocycles. The predicted molar refractivity (Wildman–Crippen MR) is 105 cm³/mol. The van der Waals surface area contributed by atoms with Crippen molar-refractivity contribution in [2.45, 2.75) is 40.2 Å². The van der Waals surface area contributed by atoms with Crippen LogP contribution in [-0.2, 0) is 6.54 Å². The Bertz CT molecular complexity index is 826. The number of halogens is 2. The Morgan fingerprint density at radius 2 is 1.46 bits per heavy atom. The van der Waals surface area contributed by atoms with E-state index in [0.717, 1.165) is 24.5 Å². The van der Waals surface area contributed by atoms with Crippen LogP contribution in [0.3, 0.4) is 0 Å². The van der Waals surface area contributed by atoms with Crippen LogP contribution in [0, 0.1) is 18.6 Å². The first kappa shape index (κ1) is 21.5. The molecule has 0 bridgehead atoms. The summed E-state index contributed by atoms with van der Waals surface area (Å²) >= 11 is 0. The fraction of sp³-hybridized carbons (Fsp3) is 0.364. The summed E-state index contributed by atoms with van der Waals surface area (Å²) in [4.78, 5) is 27.1. The molecule has 0 aliphatic heterocycles. The molecule has 6 heteroatoms. The lowest BCUT2D eigenvalue weighted by atomic mass is 10.0. The highest BCUT2D eigenvalue weighted by molar-refractivity contribution is 6.00. The van der Waals surface area contributed by atoms with Crippen molar-refractivity contribution in [1.82, 2.24) is 10.2 Å². The Morgan fingerprint density at radius 1 is 0.893 bits per heavy atom. The average molecular weight is 388 g/mol. The Balaban J connectivity index is 2.16. The molecule has 0 saturated heterocycles. The van der Waals surface area contributed by atoms with Gasteiger partial charge in [-0.2, -0.15) is 0 Å². The quantitative estimate of drug-likeness (QED) is 0.726. The number of hydrogen-bond donors (Lipinski definition) is 1. The van der Waals surface area contributed by atoms with Crippen molar-refractivity contribution < 1.29 is 18.4 Å². The molecule has 0 spiro atoms. The Hall–Kier alpha value is -2.76. The Labute approximate surface area is 164 Å². The lowest BCUT2D eigenvalue weighted by molar-refractivity contribution is 0.0755. The molecule has 1 N–H and O–H groups in total. The van der Waals surface area contributed by atoms with Crippen LogP contribution < -0.4 is 5.32 Å². The van der Waals surface area contributed by atoms with E-state index in [9.17, 15) is 18.4 Å². The van der Waals surface area contributed by atoms with Crippen LogP contribution >= 0.6 is 0 Å². The maximum Gasteiger partial charge on any atom is 0.253 e. The maximum atomic E-state index is 13.3. The maximum absolute atomic E-state index is 13.3. The van der Waals surface area contributed by atoms with E-state index >= 15 is 0 Å². The number of rotatable bonds is 8. The molecular formula is C22H26F2N2O2. The van der Waals surface area contributed by atoms with Gasteiger partial charge in [0.15, 0.2) is 0 Å². The standard InChI is InChI=1S/C22H26F2N2O2/c1-4-6-26(7-5-2)22(28)18-9-15(3)8-17(12-18)21(27)25-14-16-10-19(23)13-20(24)11-16/h8-13H,4-7,14H2,1-3H3,(H,25,27). The van der Waals surface area contributed by atoms with E-state index in [-0.39, 0.29) is 12.5 Å². The molecule has 150 valence electrons. The highest BCUT2D eigenvalue weighted by Gasteiger charge is 2.17. The van der Waals surface area contributed by atoms with Gasteiger partial charge in [-0.15, -0.1) is 0 Å². The Morgan fingerprint density at radius 3 is 2.04 bits per heavy atom. The normalized spacial score (nSPS) is 10.6. The average Bonchev–Trinajstić information content (AvgIpc) is 2.64. The zero-order valence-corrected chi connectivity index (χ0v) is 16.5. The van der Waals surface area contributed by atoms with Crippen molar-refractivity contribution in [3.8, 4) is 0 Å². The number of nitrogens with zero attached hydrogens (tertiary/aromatic N) is 1. The third-order valence-corrected chi connectivity index (χ3v) is 4.24. The third-order valence-electron chi connectivity index (χ3n) is 4.24. The minimum Gasteiger partial charge on any atom is -0.348 e. The van der Waals surface area contributed by atoms with Crippen LogP contribution in [0.4, 0.5) is 8.78 Å². The van der Waals surface area contributed by atoms with Gasteiger partial charge in [0.2, 0.25) is 0 Å². The number of benzene rings is 2. The van der Waals surface area contributed by atoms with E-state index in [0.29, 0.717) is 29.8 Å². The molecule has 0 saturated carbocycles. The van der Waals surface area contributed by atoms with Crippen molar-refractivity contribution in [2.75, 3.05) is 13.1 Å².